The standard InChI is InChI=1S/C11H17N3O8/c12-9-13-7(19)2-3(16)10(21,1-15)6-4(17)11(2,14-9)5(18)8(20)22-6/h2-7,15-19,21H,1H2,(H3,12,13,14)/t2-,3+,4+,5-,6-,7-,10+,11?/m1/s1. The van der Waals surface area contributed by atoms with E-state index in [4.69, 9.17) is 10.5 Å². The number of nitrogens with two attached hydrogens (primary N) is 1. The second-order valence-corrected chi connectivity index (χ2v) is 5.81. The molecule has 1 saturated carbocycles. The lowest BCUT2D eigenvalue weighted by atomic mass is 9.57. The van der Waals surface area contributed by atoms with Crippen LogP contribution >= 0.6 is 0 Å². The average molecular weight is 319 g/mol. The SMILES string of the molecule is NC1=N[C@H](O)[C@H]2[C@H](O)[C@@](O)(CO)[C@@H]3OC(=O)[C@@H](O)C2(N1)[C@H]3O. The van der Waals surface area contributed by atoms with Gasteiger partial charge in [-0.15, -0.1) is 0 Å². The molecule has 1 saturated heterocycles. The maximum atomic E-state index is 11.9. The summed E-state index contributed by atoms with van der Waals surface area (Å²) in [5.74, 6) is -3.09. The molecule has 1 spiro atoms. The van der Waals surface area contributed by atoms with Gasteiger partial charge in [-0.2, -0.15) is 0 Å². The number of guanidine groups is 1. The maximum Gasteiger partial charge on any atom is 0.338 e. The third kappa shape index (κ3) is 1.55. The number of hydrogen-bond acceptors (Lipinski definition) is 11. The Labute approximate surface area is 123 Å². The highest BCUT2D eigenvalue weighted by molar-refractivity contribution is 5.85. The van der Waals surface area contributed by atoms with Crippen molar-refractivity contribution in [2.24, 2.45) is 16.6 Å². The topological polar surface area (TPSA) is 198 Å². The van der Waals surface area contributed by atoms with Crippen molar-refractivity contribution < 1.29 is 40.2 Å². The predicted octanol–water partition coefficient (Wildman–Crippen LogP) is -5.68. The van der Waals surface area contributed by atoms with Crippen LogP contribution < -0.4 is 11.1 Å². The van der Waals surface area contributed by atoms with Crippen LogP contribution in [0.3, 0.4) is 0 Å². The fourth-order valence-corrected chi connectivity index (χ4v) is 3.65. The van der Waals surface area contributed by atoms with Crippen molar-refractivity contribution >= 4 is 11.9 Å². The van der Waals surface area contributed by atoms with Gasteiger partial charge in [0.1, 0.15) is 11.6 Å². The molecule has 0 radical (unpaired) electrons. The Hall–Kier alpha value is -1.50. The molecule has 2 heterocycles. The second-order valence-electron chi connectivity index (χ2n) is 5.81. The number of ether oxygens (including phenoxy) is 1. The smallest absolute Gasteiger partial charge is 0.338 e. The number of fused-ring (bicyclic) bond motifs is 1. The van der Waals surface area contributed by atoms with Gasteiger partial charge in [0.15, 0.2) is 30.0 Å². The molecule has 3 aliphatic rings. The van der Waals surface area contributed by atoms with Crippen molar-refractivity contribution in [2.45, 2.75) is 41.8 Å². The summed E-state index contributed by atoms with van der Waals surface area (Å²) < 4.78 is 4.76. The highest BCUT2D eigenvalue weighted by atomic mass is 16.6. The Morgan fingerprint density at radius 2 is 1.91 bits per heavy atom. The van der Waals surface area contributed by atoms with Crippen LogP contribution in [0.1, 0.15) is 0 Å². The van der Waals surface area contributed by atoms with Gasteiger partial charge >= 0.3 is 5.97 Å². The van der Waals surface area contributed by atoms with E-state index >= 15 is 0 Å². The molecule has 3 rings (SSSR count). The van der Waals surface area contributed by atoms with Crippen LogP contribution in [0.5, 0.6) is 0 Å². The molecule has 0 amide bonds. The zero-order valence-corrected chi connectivity index (χ0v) is 11.2. The lowest BCUT2D eigenvalue weighted by molar-refractivity contribution is -0.309. The highest BCUT2D eigenvalue weighted by Crippen LogP contribution is 2.48. The largest absolute Gasteiger partial charge is 0.454 e. The van der Waals surface area contributed by atoms with Crippen LogP contribution in [-0.2, 0) is 9.53 Å². The molecule has 1 unspecified atom stereocenters. The van der Waals surface area contributed by atoms with E-state index in [0.717, 1.165) is 0 Å². The fourth-order valence-electron chi connectivity index (χ4n) is 3.65. The third-order valence-electron chi connectivity index (χ3n) is 4.78. The van der Waals surface area contributed by atoms with E-state index in [9.17, 15) is 35.4 Å². The van der Waals surface area contributed by atoms with Gasteiger partial charge < -0.3 is 46.4 Å². The minimum absolute atomic E-state index is 0.364. The summed E-state index contributed by atoms with van der Waals surface area (Å²) in [7, 11) is 0. The summed E-state index contributed by atoms with van der Waals surface area (Å²) in [6, 6.07) is 0. The molecule has 1 aliphatic carbocycles. The number of nitrogens with one attached hydrogen (secondary N) is 1. The van der Waals surface area contributed by atoms with Crippen molar-refractivity contribution in [1.29, 1.82) is 0 Å². The molecule has 9 N–H and O–H groups in total. The summed E-state index contributed by atoms with van der Waals surface area (Å²) in [4.78, 5) is 15.4. The molecule has 11 heteroatoms. The van der Waals surface area contributed by atoms with Crippen LogP contribution in [0.25, 0.3) is 0 Å². The number of aliphatic hydroxyl groups excluding tert-OH is 5. The van der Waals surface area contributed by atoms with Crippen LogP contribution in [-0.4, -0.2) is 91.0 Å². The first-order valence-electron chi connectivity index (χ1n) is 6.57. The molecule has 22 heavy (non-hydrogen) atoms. The van der Waals surface area contributed by atoms with Crippen LogP contribution in [0.2, 0.25) is 0 Å². The summed E-state index contributed by atoms with van der Waals surface area (Å²) in [6.07, 6.45) is -9.08. The number of rotatable bonds is 1. The lowest BCUT2D eigenvalue weighted by Gasteiger charge is -2.62. The second kappa shape index (κ2) is 4.50. The number of carbonyl (C=O) groups is 1. The van der Waals surface area contributed by atoms with E-state index in [1.165, 1.54) is 0 Å². The molecule has 0 aromatic heterocycles. The van der Waals surface area contributed by atoms with E-state index in [-0.39, 0.29) is 5.96 Å². The number of nitrogens with zero attached hydrogens (tertiary/aromatic N) is 1. The summed E-state index contributed by atoms with van der Waals surface area (Å²) >= 11 is 0. The Balaban J connectivity index is 2.22. The molecule has 8 atom stereocenters. The normalized spacial score (nSPS) is 53.9. The first-order chi connectivity index (χ1) is 10.2. The molecular formula is C11H17N3O8. The van der Waals surface area contributed by atoms with Crippen molar-refractivity contribution in [3.8, 4) is 0 Å². The molecule has 2 fully saturated rings. The van der Waals surface area contributed by atoms with E-state index in [0.29, 0.717) is 0 Å². The van der Waals surface area contributed by atoms with Gasteiger partial charge in [0.05, 0.1) is 18.6 Å². The van der Waals surface area contributed by atoms with Gasteiger partial charge in [-0.3, -0.25) is 0 Å². The maximum absolute atomic E-state index is 11.9. The molecule has 124 valence electrons. The fraction of sp³-hybridized carbons (Fsp3) is 0.818. The Morgan fingerprint density at radius 1 is 1.27 bits per heavy atom. The van der Waals surface area contributed by atoms with E-state index < -0.39 is 60.3 Å². The van der Waals surface area contributed by atoms with Crippen molar-refractivity contribution in [3.63, 3.8) is 0 Å². The molecule has 11 nitrogen and oxygen atoms in total. The zero-order chi connectivity index (χ0) is 16.4. The minimum Gasteiger partial charge on any atom is -0.454 e. The summed E-state index contributed by atoms with van der Waals surface area (Å²) in [5, 5.41) is 63.3. The average Bonchev–Trinajstić information content (AvgIpc) is 2.46. The number of aliphatic hydroxyl groups is 6. The first kappa shape index (κ1) is 15.4. The van der Waals surface area contributed by atoms with Crippen molar-refractivity contribution in [2.75, 3.05) is 6.61 Å². The number of aliphatic imine (C=N–C) groups is 1. The highest BCUT2D eigenvalue weighted by Gasteiger charge is 2.75. The van der Waals surface area contributed by atoms with Crippen LogP contribution in [0.15, 0.2) is 4.99 Å². The number of carbonyl (C=O) groups excluding carboxylic acids is 1. The van der Waals surface area contributed by atoms with Gasteiger partial charge in [0.2, 0.25) is 0 Å². The Kier molecular flexibility index (Phi) is 3.15. The number of esters is 1. The van der Waals surface area contributed by atoms with Gasteiger partial charge in [-0.25, -0.2) is 9.79 Å². The molecule has 0 aromatic carbocycles. The van der Waals surface area contributed by atoms with Gasteiger partial charge in [-0.05, 0) is 0 Å². The molecule has 2 aliphatic heterocycles. The van der Waals surface area contributed by atoms with Crippen molar-refractivity contribution in [3.05, 3.63) is 0 Å². The third-order valence-corrected chi connectivity index (χ3v) is 4.78. The van der Waals surface area contributed by atoms with E-state index in [1.807, 2.05) is 0 Å². The van der Waals surface area contributed by atoms with E-state index in [2.05, 4.69) is 10.3 Å². The quantitative estimate of drug-likeness (QED) is 0.215. The summed E-state index contributed by atoms with van der Waals surface area (Å²) in [6.45, 7) is -1.06. The molecular weight excluding hydrogens is 302 g/mol. The number of hydrogen-bond donors (Lipinski definition) is 8. The van der Waals surface area contributed by atoms with Gasteiger partial charge in [0.25, 0.3) is 0 Å². The minimum atomic E-state index is -2.44. The van der Waals surface area contributed by atoms with Crippen LogP contribution in [0, 0.1) is 5.92 Å². The predicted molar refractivity (Wildman–Crippen MR) is 66.9 cm³/mol. The molecule has 2 bridgehead atoms. The Morgan fingerprint density at radius 3 is 2.50 bits per heavy atom. The van der Waals surface area contributed by atoms with Crippen molar-refractivity contribution in [1.82, 2.24) is 5.32 Å². The lowest BCUT2D eigenvalue weighted by Crippen LogP contribution is -2.88. The monoisotopic (exact) mass is 319 g/mol. The van der Waals surface area contributed by atoms with Gasteiger partial charge in [-0.1, -0.05) is 0 Å². The van der Waals surface area contributed by atoms with Gasteiger partial charge in [0, 0.05) is 0 Å². The summed E-state index contributed by atoms with van der Waals surface area (Å²) in [5.41, 5.74) is 1.04. The van der Waals surface area contributed by atoms with Crippen LogP contribution in [0.4, 0.5) is 0 Å². The Bertz CT molecular complexity index is 543. The van der Waals surface area contributed by atoms with E-state index in [1.54, 1.807) is 0 Å². The first-order valence-corrected chi connectivity index (χ1v) is 6.57. The molecule has 0 aromatic rings. The zero-order valence-electron chi connectivity index (χ0n) is 11.2.